The highest BCUT2D eigenvalue weighted by Gasteiger charge is 2.31. The first-order valence-corrected chi connectivity index (χ1v) is 13.5. The fraction of sp³-hybridized carbons (Fsp3) is 0.533. The van der Waals surface area contributed by atoms with E-state index in [4.69, 9.17) is 0 Å². The number of nitrogens with zero attached hydrogens (tertiary/aromatic N) is 1. The summed E-state index contributed by atoms with van der Waals surface area (Å²) < 4.78 is 26.4. The van der Waals surface area contributed by atoms with E-state index < -0.39 is 17.7 Å². The van der Waals surface area contributed by atoms with Crippen molar-refractivity contribution >= 4 is 12.2 Å². The van der Waals surface area contributed by atoms with E-state index in [1.165, 1.54) is 12.1 Å². The minimum Gasteiger partial charge on any atom is -0.390 e. The Balaban J connectivity index is 0.000000269. The Morgan fingerprint density at radius 1 is 1.11 bits per heavy atom. The summed E-state index contributed by atoms with van der Waals surface area (Å²) in [5.74, 6) is -1.15. The van der Waals surface area contributed by atoms with E-state index in [1.54, 1.807) is 19.2 Å². The molecule has 210 valence electrons. The van der Waals surface area contributed by atoms with Crippen LogP contribution in [-0.4, -0.2) is 66.6 Å². The second kappa shape index (κ2) is 15.7. The molecule has 3 N–H and O–H groups in total. The van der Waals surface area contributed by atoms with Gasteiger partial charge in [-0.1, -0.05) is 13.8 Å². The van der Waals surface area contributed by atoms with E-state index in [2.05, 4.69) is 31.4 Å². The van der Waals surface area contributed by atoms with Gasteiger partial charge in [-0.25, -0.2) is 8.78 Å². The molecule has 6 nitrogen and oxygen atoms in total. The third kappa shape index (κ3) is 9.57. The van der Waals surface area contributed by atoms with Gasteiger partial charge >= 0.3 is 0 Å². The van der Waals surface area contributed by atoms with Crippen LogP contribution in [0.3, 0.4) is 0 Å². The summed E-state index contributed by atoms with van der Waals surface area (Å²) in [6.45, 7) is 9.62. The van der Waals surface area contributed by atoms with Crippen molar-refractivity contribution in [3.05, 3.63) is 70.3 Å². The number of aliphatic hydroxyl groups excluding tert-OH is 1. The predicted molar refractivity (Wildman–Crippen MR) is 148 cm³/mol. The molecule has 2 aromatic rings. The van der Waals surface area contributed by atoms with Gasteiger partial charge in [-0.15, -0.1) is 0 Å². The Hall–Kier alpha value is -2.68. The van der Waals surface area contributed by atoms with Gasteiger partial charge in [0.1, 0.15) is 17.9 Å². The van der Waals surface area contributed by atoms with Gasteiger partial charge in [-0.2, -0.15) is 0 Å². The van der Waals surface area contributed by atoms with Crippen LogP contribution >= 0.6 is 0 Å². The molecule has 0 bridgehead atoms. The number of carbonyl (C=O) groups is 2. The molecule has 1 amide bonds. The van der Waals surface area contributed by atoms with Crippen LogP contribution in [0.2, 0.25) is 0 Å². The molecule has 1 heterocycles. The number of nitrogens with one attached hydrogen (secondary N) is 2. The van der Waals surface area contributed by atoms with E-state index in [-0.39, 0.29) is 18.0 Å². The molecule has 0 radical (unpaired) electrons. The van der Waals surface area contributed by atoms with Crippen molar-refractivity contribution in [1.29, 1.82) is 0 Å². The zero-order valence-corrected chi connectivity index (χ0v) is 23.3. The molecule has 2 aromatic carbocycles. The lowest BCUT2D eigenvalue weighted by atomic mass is 9.95. The van der Waals surface area contributed by atoms with Gasteiger partial charge in [0.2, 0.25) is 0 Å². The monoisotopic (exact) mass is 531 g/mol. The number of amides is 1. The fourth-order valence-electron chi connectivity index (χ4n) is 4.93. The second-order valence-electron chi connectivity index (χ2n) is 10.2. The largest absolute Gasteiger partial charge is 0.390 e. The van der Waals surface area contributed by atoms with Crippen molar-refractivity contribution in [1.82, 2.24) is 15.5 Å². The molecule has 8 heteroatoms. The Morgan fingerprint density at radius 3 is 2.24 bits per heavy atom. The summed E-state index contributed by atoms with van der Waals surface area (Å²) in [5, 5.41) is 16.8. The standard InChI is InChI=1S/C15H22F2N2O.C15H21NO2/c1-9-3-4-13(19-9)15(20)14(18-2)7-10-5-11(16)8-12(17)6-10;1-4-6-16(7-5-2)15(18)14-9-12(3)8-13(10-14)11-17/h5-6,8-9,13-15,18-20H,3-4,7H2,1-2H3;8-11H,4-7H2,1-3H3. The fourth-order valence-corrected chi connectivity index (χ4v) is 4.93. The van der Waals surface area contributed by atoms with Gasteiger partial charge in [-0.05, 0) is 94.5 Å². The molecule has 1 saturated heterocycles. The molecule has 4 unspecified atom stereocenters. The third-order valence-corrected chi connectivity index (χ3v) is 6.74. The van der Waals surface area contributed by atoms with Crippen molar-refractivity contribution in [3.63, 3.8) is 0 Å². The number of aldehydes is 1. The summed E-state index contributed by atoms with van der Waals surface area (Å²) in [4.78, 5) is 25.0. The van der Waals surface area contributed by atoms with Crippen LogP contribution in [0, 0.1) is 18.6 Å². The Morgan fingerprint density at radius 2 is 1.74 bits per heavy atom. The SMILES string of the molecule is CCCN(CCC)C(=O)c1cc(C)cc(C=O)c1.CNC(Cc1cc(F)cc(F)c1)C(O)C1CCC(C)N1. The van der Waals surface area contributed by atoms with Gasteiger partial charge in [0.25, 0.3) is 5.91 Å². The first-order chi connectivity index (χ1) is 18.1. The maximum atomic E-state index is 13.2. The lowest BCUT2D eigenvalue weighted by Crippen LogP contribution is -2.50. The Bertz CT molecular complexity index is 1020. The van der Waals surface area contributed by atoms with Gasteiger partial charge in [-0.3, -0.25) is 9.59 Å². The zero-order valence-electron chi connectivity index (χ0n) is 23.3. The Kier molecular flexibility index (Phi) is 13.0. The van der Waals surface area contributed by atoms with Gasteiger partial charge in [0.15, 0.2) is 0 Å². The lowest BCUT2D eigenvalue weighted by molar-refractivity contribution is 0.0755. The highest BCUT2D eigenvalue weighted by Crippen LogP contribution is 2.19. The summed E-state index contributed by atoms with van der Waals surface area (Å²) in [7, 11) is 1.75. The highest BCUT2D eigenvalue weighted by atomic mass is 19.1. The number of aliphatic hydroxyl groups is 1. The maximum absolute atomic E-state index is 13.2. The normalized spacial score (nSPS) is 18.3. The smallest absolute Gasteiger partial charge is 0.253 e. The quantitative estimate of drug-likeness (QED) is 0.367. The molecule has 0 aliphatic carbocycles. The van der Waals surface area contributed by atoms with Crippen molar-refractivity contribution < 1.29 is 23.5 Å². The van der Waals surface area contributed by atoms with E-state index >= 15 is 0 Å². The molecule has 38 heavy (non-hydrogen) atoms. The van der Waals surface area contributed by atoms with Gasteiger partial charge < -0.3 is 20.6 Å². The van der Waals surface area contributed by atoms with Crippen LogP contribution in [0.4, 0.5) is 8.78 Å². The maximum Gasteiger partial charge on any atom is 0.253 e. The third-order valence-electron chi connectivity index (χ3n) is 6.74. The minimum atomic E-state index is -0.587. The molecule has 0 aromatic heterocycles. The molecule has 3 rings (SSSR count). The van der Waals surface area contributed by atoms with Crippen molar-refractivity contribution in [3.8, 4) is 0 Å². The first kappa shape index (κ1) is 31.5. The molecular formula is C30H43F2N3O3. The van der Waals surface area contributed by atoms with Crippen molar-refractivity contribution in [2.75, 3.05) is 20.1 Å². The first-order valence-electron chi connectivity index (χ1n) is 13.5. The van der Waals surface area contributed by atoms with Gasteiger partial charge in [0, 0.05) is 48.4 Å². The molecule has 4 atom stereocenters. The van der Waals surface area contributed by atoms with Crippen molar-refractivity contribution in [2.45, 2.75) is 84.0 Å². The molecule has 1 fully saturated rings. The minimum absolute atomic E-state index is 0.0190. The van der Waals surface area contributed by atoms with Crippen LogP contribution in [0.1, 0.15) is 78.3 Å². The van der Waals surface area contributed by atoms with E-state index in [1.807, 2.05) is 17.9 Å². The zero-order chi connectivity index (χ0) is 28.2. The van der Waals surface area contributed by atoms with E-state index in [0.29, 0.717) is 29.2 Å². The number of hydrogen-bond donors (Lipinski definition) is 3. The van der Waals surface area contributed by atoms with E-state index in [0.717, 1.165) is 56.7 Å². The topological polar surface area (TPSA) is 81.7 Å². The molecule has 1 aliphatic heterocycles. The molecule has 1 aliphatic rings. The summed E-state index contributed by atoms with van der Waals surface area (Å²) in [6, 6.07) is 8.96. The van der Waals surface area contributed by atoms with E-state index in [9.17, 15) is 23.5 Å². The number of rotatable bonds is 11. The van der Waals surface area contributed by atoms with Crippen LogP contribution < -0.4 is 10.6 Å². The number of benzene rings is 2. The lowest BCUT2D eigenvalue weighted by Gasteiger charge is -2.28. The van der Waals surface area contributed by atoms with Gasteiger partial charge in [0.05, 0.1) is 6.10 Å². The average Bonchev–Trinajstić information content (AvgIpc) is 3.32. The summed E-state index contributed by atoms with van der Waals surface area (Å²) in [6.07, 6.45) is 4.42. The average molecular weight is 532 g/mol. The summed E-state index contributed by atoms with van der Waals surface area (Å²) >= 11 is 0. The molecule has 0 spiro atoms. The number of halogens is 2. The Labute approximate surface area is 225 Å². The van der Waals surface area contributed by atoms with Crippen LogP contribution in [0.15, 0.2) is 36.4 Å². The van der Waals surface area contributed by atoms with Crippen molar-refractivity contribution in [2.24, 2.45) is 0 Å². The highest BCUT2D eigenvalue weighted by molar-refractivity contribution is 5.96. The number of carbonyl (C=O) groups excluding carboxylic acids is 2. The number of likely N-dealkylation sites (N-methyl/N-ethyl adjacent to an activating group) is 1. The van der Waals surface area contributed by atoms with Crippen LogP contribution in [-0.2, 0) is 6.42 Å². The molecular weight excluding hydrogens is 488 g/mol. The van der Waals surface area contributed by atoms with Crippen LogP contribution in [0.25, 0.3) is 0 Å². The van der Waals surface area contributed by atoms with Crippen LogP contribution in [0.5, 0.6) is 0 Å². The second-order valence-corrected chi connectivity index (χ2v) is 10.2. The molecule has 0 saturated carbocycles. The predicted octanol–water partition coefficient (Wildman–Crippen LogP) is 4.67. The number of aryl methyl sites for hydroxylation is 1. The summed E-state index contributed by atoms with van der Waals surface area (Å²) in [5.41, 5.74) is 2.66. The number of hydrogen-bond acceptors (Lipinski definition) is 5.